The van der Waals surface area contributed by atoms with E-state index >= 15 is 0 Å². The van der Waals surface area contributed by atoms with Crippen molar-refractivity contribution in [2.45, 2.75) is 51.2 Å². The van der Waals surface area contributed by atoms with Crippen LogP contribution < -0.4 is 10.6 Å². The number of nitrogens with zero attached hydrogens (tertiary/aromatic N) is 1. The molecule has 2 amide bonds. The molecular formula is C34H35N3O7. The van der Waals surface area contributed by atoms with Crippen LogP contribution in [0.25, 0.3) is 11.1 Å². The van der Waals surface area contributed by atoms with E-state index in [0.29, 0.717) is 0 Å². The molecule has 44 heavy (non-hydrogen) atoms. The molecule has 0 bridgehead atoms. The van der Waals surface area contributed by atoms with Crippen LogP contribution in [0.3, 0.4) is 0 Å². The van der Waals surface area contributed by atoms with Crippen molar-refractivity contribution in [3.8, 4) is 11.1 Å². The summed E-state index contributed by atoms with van der Waals surface area (Å²) in [5, 5.41) is 15.4. The summed E-state index contributed by atoms with van der Waals surface area (Å²) in [5.41, 5.74) is 4.24. The van der Waals surface area contributed by atoms with Gasteiger partial charge in [-0.15, -0.1) is 0 Å². The number of aromatic nitrogens is 1. The van der Waals surface area contributed by atoms with E-state index in [4.69, 9.17) is 13.9 Å². The van der Waals surface area contributed by atoms with Crippen LogP contribution >= 0.6 is 0 Å². The Morgan fingerprint density at radius 2 is 1.52 bits per heavy atom. The molecule has 0 radical (unpaired) electrons. The van der Waals surface area contributed by atoms with Crippen LogP contribution in [-0.4, -0.2) is 47.0 Å². The quantitative estimate of drug-likeness (QED) is 0.195. The maximum absolute atomic E-state index is 13.2. The maximum atomic E-state index is 13.2. The van der Waals surface area contributed by atoms with Gasteiger partial charge in [0.05, 0.1) is 6.04 Å². The number of fused-ring (bicyclic) bond motifs is 3. The normalized spacial score (nSPS) is 13.0. The number of hydrogen-bond donors (Lipinski definition) is 3. The predicted octanol–water partition coefficient (Wildman–Crippen LogP) is 6.26. The summed E-state index contributed by atoms with van der Waals surface area (Å²) >= 11 is 0. The molecule has 1 aliphatic carbocycles. The lowest BCUT2D eigenvalue weighted by molar-refractivity contribution is 0.0527. The molecule has 5 rings (SSSR count). The minimum atomic E-state index is -1.30. The standard InChI is InChI=1S/C34H35N3O7/c1-34(2,3)44-32(40)35-18-17-28-37-29(31(38)39)30(43-28)27(19-21-11-5-4-6-12-21)36-33(41)42-20-26-24-15-9-7-13-22(24)23-14-8-10-16-25(23)26/h4-16,26-27H,17-20H2,1-3H3,(H,35,40)(H,36,41)(H,38,39)/t27-/m0/s1. The molecule has 1 aliphatic rings. The van der Waals surface area contributed by atoms with Gasteiger partial charge in [-0.3, -0.25) is 0 Å². The Labute approximate surface area is 255 Å². The minimum absolute atomic E-state index is 0.0119. The molecule has 0 saturated heterocycles. The number of benzene rings is 3. The van der Waals surface area contributed by atoms with Crippen LogP contribution in [0.15, 0.2) is 83.3 Å². The molecule has 0 fully saturated rings. The van der Waals surface area contributed by atoms with E-state index in [1.165, 1.54) is 0 Å². The summed E-state index contributed by atoms with van der Waals surface area (Å²) in [5.74, 6) is -1.35. The summed E-state index contributed by atoms with van der Waals surface area (Å²) in [7, 11) is 0. The monoisotopic (exact) mass is 597 g/mol. The van der Waals surface area contributed by atoms with Gasteiger partial charge < -0.3 is 29.6 Å². The van der Waals surface area contributed by atoms with Crippen molar-refractivity contribution in [3.63, 3.8) is 0 Å². The maximum Gasteiger partial charge on any atom is 0.407 e. The van der Waals surface area contributed by atoms with Crippen LogP contribution in [0.5, 0.6) is 0 Å². The van der Waals surface area contributed by atoms with E-state index in [2.05, 4.69) is 27.8 Å². The molecule has 1 aromatic heterocycles. The third-order valence-electron chi connectivity index (χ3n) is 7.14. The molecule has 0 saturated carbocycles. The number of carbonyl (C=O) groups excluding carboxylic acids is 2. The van der Waals surface area contributed by atoms with Crippen LogP contribution in [0, 0.1) is 0 Å². The number of carboxylic acid groups (broad SMARTS) is 1. The van der Waals surface area contributed by atoms with Gasteiger partial charge in [-0.1, -0.05) is 78.9 Å². The highest BCUT2D eigenvalue weighted by atomic mass is 16.6. The number of oxazole rings is 1. The zero-order valence-electron chi connectivity index (χ0n) is 24.8. The Bertz CT molecular complexity index is 1600. The third kappa shape index (κ3) is 7.26. The Balaban J connectivity index is 1.32. The first-order chi connectivity index (χ1) is 21.1. The van der Waals surface area contributed by atoms with Crippen molar-refractivity contribution in [1.82, 2.24) is 15.6 Å². The lowest BCUT2D eigenvalue weighted by atomic mass is 9.98. The van der Waals surface area contributed by atoms with E-state index in [-0.39, 0.29) is 49.3 Å². The lowest BCUT2D eigenvalue weighted by Gasteiger charge is -2.19. The molecule has 4 aromatic rings. The second-order valence-electron chi connectivity index (χ2n) is 11.5. The van der Waals surface area contributed by atoms with Gasteiger partial charge in [-0.2, -0.15) is 0 Å². The van der Waals surface area contributed by atoms with Gasteiger partial charge in [0, 0.05) is 25.3 Å². The van der Waals surface area contributed by atoms with Crippen molar-refractivity contribution < 1.29 is 33.4 Å². The van der Waals surface area contributed by atoms with E-state index in [9.17, 15) is 19.5 Å². The number of nitrogens with one attached hydrogen (secondary N) is 2. The largest absolute Gasteiger partial charge is 0.476 e. The molecule has 228 valence electrons. The molecule has 1 heterocycles. The first-order valence-corrected chi connectivity index (χ1v) is 14.4. The highest BCUT2D eigenvalue weighted by Crippen LogP contribution is 2.44. The zero-order valence-corrected chi connectivity index (χ0v) is 24.8. The highest BCUT2D eigenvalue weighted by Gasteiger charge is 2.31. The van der Waals surface area contributed by atoms with Gasteiger partial charge in [0.15, 0.2) is 17.3 Å². The fourth-order valence-electron chi connectivity index (χ4n) is 5.30. The number of rotatable bonds is 10. The molecule has 10 nitrogen and oxygen atoms in total. The van der Waals surface area contributed by atoms with Crippen LogP contribution in [-0.2, 0) is 22.3 Å². The molecule has 1 atom stereocenters. The van der Waals surface area contributed by atoms with E-state index in [1.807, 2.05) is 66.7 Å². The summed E-state index contributed by atoms with van der Waals surface area (Å²) in [4.78, 5) is 41.6. The molecule has 0 unspecified atom stereocenters. The van der Waals surface area contributed by atoms with Gasteiger partial charge in [0.2, 0.25) is 0 Å². The van der Waals surface area contributed by atoms with Crippen molar-refractivity contribution in [3.05, 3.63) is 113 Å². The summed E-state index contributed by atoms with van der Waals surface area (Å²) < 4.78 is 16.9. The van der Waals surface area contributed by atoms with Crippen LogP contribution in [0.4, 0.5) is 9.59 Å². The average Bonchev–Trinajstić information content (AvgIpc) is 3.55. The topological polar surface area (TPSA) is 140 Å². The summed E-state index contributed by atoms with van der Waals surface area (Å²) in [6, 6.07) is 24.5. The second-order valence-corrected chi connectivity index (χ2v) is 11.5. The van der Waals surface area contributed by atoms with Crippen molar-refractivity contribution in [2.24, 2.45) is 0 Å². The Morgan fingerprint density at radius 1 is 0.909 bits per heavy atom. The molecule has 0 aliphatic heterocycles. The first kappa shape index (κ1) is 30.3. The molecule has 10 heteroatoms. The van der Waals surface area contributed by atoms with Crippen LogP contribution in [0.2, 0.25) is 0 Å². The van der Waals surface area contributed by atoms with Crippen molar-refractivity contribution >= 4 is 18.2 Å². The lowest BCUT2D eigenvalue weighted by Crippen LogP contribution is -2.33. The predicted molar refractivity (Wildman–Crippen MR) is 162 cm³/mol. The third-order valence-corrected chi connectivity index (χ3v) is 7.14. The molecule has 0 spiro atoms. The fourth-order valence-corrected chi connectivity index (χ4v) is 5.30. The highest BCUT2D eigenvalue weighted by molar-refractivity contribution is 5.87. The molecule has 3 aromatic carbocycles. The Morgan fingerprint density at radius 3 is 2.14 bits per heavy atom. The summed E-state index contributed by atoms with van der Waals surface area (Å²) in [6.07, 6.45) is -0.978. The number of ether oxygens (including phenoxy) is 2. The number of alkyl carbamates (subject to hydrolysis) is 2. The van der Waals surface area contributed by atoms with Crippen molar-refractivity contribution in [2.75, 3.05) is 13.2 Å². The van der Waals surface area contributed by atoms with Crippen molar-refractivity contribution in [1.29, 1.82) is 0 Å². The van der Waals surface area contributed by atoms with Crippen LogP contribution in [0.1, 0.15) is 71.6 Å². The van der Waals surface area contributed by atoms with E-state index in [0.717, 1.165) is 27.8 Å². The Kier molecular flexibility index (Phi) is 8.99. The minimum Gasteiger partial charge on any atom is -0.476 e. The first-order valence-electron chi connectivity index (χ1n) is 14.4. The Hall–Kier alpha value is -5.12. The number of aromatic carboxylic acids is 1. The average molecular weight is 598 g/mol. The molecular weight excluding hydrogens is 562 g/mol. The number of hydrogen-bond acceptors (Lipinski definition) is 7. The zero-order chi connectivity index (χ0) is 31.3. The summed E-state index contributed by atoms with van der Waals surface area (Å²) in [6.45, 7) is 5.46. The second kappa shape index (κ2) is 13.0. The number of carboxylic acids is 1. The number of carbonyl (C=O) groups is 3. The van der Waals surface area contributed by atoms with Gasteiger partial charge in [0.25, 0.3) is 0 Å². The fraction of sp³-hybridized carbons (Fsp3) is 0.294. The van der Waals surface area contributed by atoms with Gasteiger partial charge >= 0.3 is 18.2 Å². The SMILES string of the molecule is CC(C)(C)OC(=O)NCCc1nc(C(=O)O)c([C@H](Cc2ccccc2)NC(=O)OCC2c3ccccc3-c3ccccc32)o1. The number of amides is 2. The van der Waals surface area contributed by atoms with Gasteiger partial charge in [0.1, 0.15) is 12.2 Å². The van der Waals surface area contributed by atoms with E-state index < -0.39 is 29.8 Å². The van der Waals surface area contributed by atoms with E-state index in [1.54, 1.807) is 20.8 Å². The van der Waals surface area contributed by atoms with Gasteiger partial charge in [-0.05, 0) is 48.6 Å². The smallest absolute Gasteiger partial charge is 0.407 e. The van der Waals surface area contributed by atoms with Gasteiger partial charge in [-0.25, -0.2) is 19.4 Å². The molecule has 3 N–H and O–H groups in total.